The minimum Gasteiger partial charge on any atom is -0.482 e. The lowest BCUT2D eigenvalue weighted by Gasteiger charge is -2.23. The van der Waals surface area contributed by atoms with Gasteiger partial charge in [0.15, 0.2) is 11.9 Å². The van der Waals surface area contributed by atoms with Crippen molar-refractivity contribution in [1.82, 2.24) is 4.98 Å². The smallest absolute Gasteiger partial charge is 0.349 e. The number of fused-ring (bicyclic) bond motifs is 1. The van der Waals surface area contributed by atoms with E-state index in [-0.39, 0.29) is 12.2 Å². The molecule has 20 heavy (non-hydrogen) atoms. The highest BCUT2D eigenvalue weighted by Gasteiger charge is 2.29. The van der Waals surface area contributed by atoms with Crippen LogP contribution in [0.5, 0.6) is 5.75 Å². The van der Waals surface area contributed by atoms with Gasteiger partial charge in [-0.15, -0.1) is 11.3 Å². The summed E-state index contributed by atoms with van der Waals surface area (Å²) in [6.07, 6.45) is 1.23. The summed E-state index contributed by atoms with van der Waals surface area (Å²) in [5.74, 6) is 0.145. The lowest BCUT2D eigenvalue weighted by atomic mass is 10.0. The highest BCUT2D eigenvalue weighted by atomic mass is 32.1. The summed E-state index contributed by atoms with van der Waals surface area (Å²) in [5.41, 5.74) is 0.591. The van der Waals surface area contributed by atoms with Gasteiger partial charge >= 0.3 is 5.97 Å². The molecule has 1 atom stereocenters. The van der Waals surface area contributed by atoms with Gasteiger partial charge in [-0.3, -0.25) is 4.79 Å². The van der Waals surface area contributed by atoms with E-state index in [0.29, 0.717) is 21.2 Å². The molecule has 2 aromatic rings. The van der Waals surface area contributed by atoms with Crippen molar-refractivity contribution >= 4 is 23.1 Å². The van der Waals surface area contributed by atoms with Gasteiger partial charge in [-0.2, -0.15) is 0 Å². The number of esters is 1. The van der Waals surface area contributed by atoms with Crippen LogP contribution in [0.3, 0.4) is 0 Å². The highest BCUT2D eigenvalue weighted by Crippen LogP contribution is 2.36. The number of Topliss-reactive ketones (excluding diaryl/α,β-unsaturated/α-hetero) is 1. The van der Waals surface area contributed by atoms with Crippen LogP contribution in [0.15, 0.2) is 30.5 Å². The van der Waals surface area contributed by atoms with Crippen LogP contribution in [-0.2, 0) is 4.74 Å². The number of aromatic nitrogens is 1. The van der Waals surface area contributed by atoms with Crippen LogP contribution in [0.25, 0.3) is 0 Å². The fourth-order valence-electron chi connectivity index (χ4n) is 2.04. The topological polar surface area (TPSA) is 65.5 Å². The van der Waals surface area contributed by atoms with Crippen LogP contribution in [0, 0.1) is 0 Å². The molecule has 0 radical (unpaired) electrons. The van der Waals surface area contributed by atoms with E-state index in [9.17, 15) is 9.59 Å². The number of rotatable bonds is 2. The fraction of sp³-hybridized carbons (Fsp3) is 0.214. The molecule has 6 heteroatoms. The Morgan fingerprint density at radius 3 is 3.05 bits per heavy atom. The van der Waals surface area contributed by atoms with E-state index in [0.717, 1.165) is 0 Å². The molecule has 0 spiro atoms. The largest absolute Gasteiger partial charge is 0.482 e. The Labute approximate surface area is 119 Å². The van der Waals surface area contributed by atoms with Crippen LogP contribution in [0.2, 0.25) is 0 Å². The van der Waals surface area contributed by atoms with Crippen molar-refractivity contribution in [3.8, 4) is 5.75 Å². The minimum absolute atomic E-state index is 0.0201. The number of hydrogen-bond donors (Lipinski definition) is 0. The number of nitrogens with zero attached hydrogens (tertiary/aromatic N) is 1. The van der Waals surface area contributed by atoms with Gasteiger partial charge in [0.2, 0.25) is 0 Å². The molecule has 1 aliphatic rings. The second-order valence-electron chi connectivity index (χ2n) is 4.28. The van der Waals surface area contributed by atoms with Crippen molar-refractivity contribution in [2.45, 2.75) is 12.5 Å². The van der Waals surface area contributed by atoms with Crippen molar-refractivity contribution in [2.24, 2.45) is 0 Å². The Bertz CT molecular complexity index is 679. The van der Waals surface area contributed by atoms with Crippen LogP contribution in [0.1, 0.15) is 37.6 Å². The zero-order valence-corrected chi connectivity index (χ0v) is 11.5. The SMILES string of the molecule is COC(=O)c1cnc(C2CC(=O)c3ccccc3O2)s1. The van der Waals surface area contributed by atoms with Gasteiger partial charge < -0.3 is 9.47 Å². The highest BCUT2D eigenvalue weighted by molar-refractivity contribution is 7.13. The first kappa shape index (κ1) is 12.8. The Kier molecular flexibility index (Phi) is 3.23. The van der Waals surface area contributed by atoms with Crippen LogP contribution in [0.4, 0.5) is 0 Å². The van der Waals surface area contributed by atoms with E-state index < -0.39 is 12.1 Å². The third-order valence-electron chi connectivity index (χ3n) is 3.01. The molecule has 1 aliphatic heterocycles. The molecule has 0 fully saturated rings. The molecule has 5 nitrogen and oxygen atoms in total. The number of thiazole rings is 1. The van der Waals surface area contributed by atoms with Gasteiger partial charge in [-0.05, 0) is 12.1 Å². The summed E-state index contributed by atoms with van der Waals surface area (Å²) in [6, 6.07) is 7.12. The third-order valence-corrected chi connectivity index (χ3v) is 4.08. The molecular formula is C14H11NO4S. The van der Waals surface area contributed by atoms with Crippen LogP contribution < -0.4 is 4.74 Å². The predicted molar refractivity (Wildman–Crippen MR) is 72.2 cm³/mol. The molecule has 1 aromatic carbocycles. The van der Waals surface area contributed by atoms with E-state index >= 15 is 0 Å². The normalized spacial score (nSPS) is 17.2. The maximum Gasteiger partial charge on any atom is 0.349 e. The quantitative estimate of drug-likeness (QED) is 0.795. The van der Waals surface area contributed by atoms with Crippen LogP contribution >= 0.6 is 11.3 Å². The first-order valence-electron chi connectivity index (χ1n) is 6.02. The van der Waals surface area contributed by atoms with Crippen LogP contribution in [-0.4, -0.2) is 23.8 Å². The lowest BCUT2D eigenvalue weighted by Crippen LogP contribution is -2.20. The summed E-state index contributed by atoms with van der Waals surface area (Å²) in [7, 11) is 1.32. The van der Waals surface area contributed by atoms with E-state index in [1.165, 1.54) is 24.6 Å². The molecule has 0 amide bonds. The van der Waals surface area contributed by atoms with Gasteiger partial charge in [0.05, 0.1) is 25.3 Å². The average molecular weight is 289 g/mol. The van der Waals surface area contributed by atoms with Crippen molar-refractivity contribution in [3.05, 3.63) is 45.9 Å². The number of hydrogen-bond acceptors (Lipinski definition) is 6. The zero-order chi connectivity index (χ0) is 14.1. The van der Waals surface area contributed by atoms with Crippen molar-refractivity contribution in [3.63, 3.8) is 0 Å². The Morgan fingerprint density at radius 2 is 2.25 bits per heavy atom. The second kappa shape index (κ2) is 5.05. The maximum absolute atomic E-state index is 12.1. The first-order valence-corrected chi connectivity index (χ1v) is 6.83. The summed E-state index contributed by atoms with van der Waals surface area (Å²) < 4.78 is 10.4. The van der Waals surface area contributed by atoms with E-state index in [2.05, 4.69) is 9.72 Å². The number of para-hydroxylation sites is 1. The Balaban J connectivity index is 1.88. The third kappa shape index (κ3) is 2.18. The molecule has 0 bridgehead atoms. The Hall–Kier alpha value is -2.21. The van der Waals surface area contributed by atoms with Gasteiger partial charge in [-0.25, -0.2) is 9.78 Å². The van der Waals surface area contributed by atoms with Crippen molar-refractivity contribution < 1.29 is 19.1 Å². The molecule has 2 heterocycles. The monoisotopic (exact) mass is 289 g/mol. The number of carbonyl (C=O) groups is 2. The second-order valence-corrected chi connectivity index (χ2v) is 5.35. The number of benzene rings is 1. The minimum atomic E-state index is -0.444. The van der Waals surface area contributed by atoms with Gasteiger partial charge in [-0.1, -0.05) is 12.1 Å². The van der Waals surface area contributed by atoms with Gasteiger partial charge in [0, 0.05) is 0 Å². The molecule has 0 N–H and O–H groups in total. The molecule has 3 rings (SSSR count). The molecule has 102 valence electrons. The van der Waals surface area contributed by atoms with Crippen molar-refractivity contribution in [1.29, 1.82) is 0 Å². The summed E-state index contributed by atoms with van der Waals surface area (Å²) in [6.45, 7) is 0. The average Bonchev–Trinajstić information content (AvgIpc) is 2.96. The molecule has 1 aromatic heterocycles. The predicted octanol–water partition coefficient (Wildman–Crippen LogP) is 2.64. The molecule has 0 saturated carbocycles. The molecule has 0 aliphatic carbocycles. The summed E-state index contributed by atoms with van der Waals surface area (Å²) in [4.78, 5) is 28.0. The van der Waals surface area contributed by atoms with E-state index in [4.69, 9.17) is 4.74 Å². The molecular weight excluding hydrogens is 278 g/mol. The summed E-state index contributed by atoms with van der Waals surface area (Å²) in [5, 5.41) is 0.605. The summed E-state index contributed by atoms with van der Waals surface area (Å²) >= 11 is 1.19. The Morgan fingerprint density at radius 1 is 1.45 bits per heavy atom. The fourth-order valence-corrected chi connectivity index (χ4v) is 2.91. The van der Waals surface area contributed by atoms with E-state index in [1.54, 1.807) is 18.2 Å². The zero-order valence-electron chi connectivity index (χ0n) is 10.7. The number of ketones is 1. The first-order chi connectivity index (χ1) is 9.69. The molecule has 0 saturated heterocycles. The number of ether oxygens (including phenoxy) is 2. The number of carbonyl (C=O) groups excluding carboxylic acids is 2. The van der Waals surface area contributed by atoms with Crippen molar-refractivity contribution in [2.75, 3.05) is 7.11 Å². The molecule has 1 unspecified atom stereocenters. The van der Waals surface area contributed by atoms with Gasteiger partial charge in [0.1, 0.15) is 15.6 Å². The maximum atomic E-state index is 12.1. The standard InChI is InChI=1S/C14H11NO4S/c1-18-14(17)12-7-15-13(20-12)11-6-9(16)8-4-2-3-5-10(8)19-11/h2-5,7,11H,6H2,1H3. The lowest BCUT2D eigenvalue weighted by molar-refractivity contribution is 0.0605. The van der Waals surface area contributed by atoms with E-state index in [1.807, 2.05) is 6.07 Å². The number of methoxy groups -OCH3 is 1. The van der Waals surface area contributed by atoms with Gasteiger partial charge in [0.25, 0.3) is 0 Å².